The van der Waals surface area contributed by atoms with E-state index in [9.17, 15) is 9.59 Å². The number of piperazine rings is 1. The Labute approximate surface area is 126 Å². The molecule has 0 saturated carbocycles. The number of fused-ring (bicyclic) bond motifs is 1. The molecule has 3 saturated heterocycles. The van der Waals surface area contributed by atoms with Gasteiger partial charge in [-0.05, 0) is 38.5 Å². The zero-order valence-corrected chi connectivity index (χ0v) is 13.3. The van der Waals surface area contributed by atoms with Gasteiger partial charge >= 0.3 is 0 Å². The van der Waals surface area contributed by atoms with E-state index in [2.05, 4.69) is 6.92 Å². The minimum atomic E-state index is -0.339. The van der Waals surface area contributed by atoms with Crippen LogP contribution < -0.4 is 0 Å². The van der Waals surface area contributed by atoms with Crippen LogP contribution in [0.25, 0.3) is 0 Å². The Balaban J connectivity index is 1.98. The SMILES string of the molecule is CC(C)C1C(=O)N2CCCC2C(=O)N1C1(C)CCCOC1. The van der Waals surface area contributed by atoms with Gasteiger partial charge in [0.15, 0.2) is 0 Å². The zero-order valence-electron chi connectivity index (χ0n) is 13.3. The highest BCUT2D eigenvalue weighted by Gasteiger charge is 2.54. The molecule has 118 valence electrons. The number of ether oxygens (including phenoxy) is 1. The molecule has 2 amide bonds. The first-order valence-electron chi connectivity index (χ1n) is 8.17. The number of carbonyl (C=O) groups is 2. The fourth-order valence-corrected chi connectivity index (χ4v) is 4.16. The van der Waals surface area contributed by atoms with Crippen LogP contribution in [0.5, 0.6) is 0 Å². The predicted molar refractivity (Wildman–Crippen MR) is 78.7 cm³/mol. The van der Waals surface area contributed by atoms with Crippen LogP contribution in [0.1, 0.15) is 46.5 Å². The number of carbonyl (C=O) groups excluding carboxylic acids is 2. The van der Waals surface area contributed by atoms with Gasteiger partial charge in [-0.1, -0.05) is 13.8 Å². The van der Waals surface area contributed by atoms with Crippen molar-refractivity contribution in [1.82, 2.24) is 9.80 Å². The normalized spacial score (nSPS) is 37.3. The summed E-state index contributed by atoms with van der Waals surface area (Å²) in [6, 6.07) is -0.565. The molecule has 3 atom stereocenters. The van der Waals surface area contributed by atoms with Crippen molar-refractivity contribution >= 4 is 11.8 Å². The lowest BCUT2D eigenvalue weighted by atomic mass is 9.85. The van der Waals surface area contributed by atoms with Gasteiger partial charge in [0.05, 0.1) is 12.1 Å². The van der Waals surface area contributed by atoms with Gasteiger partial charge in [0.25, 0.3) is 0 Å². The summed E-state index contributed by atoms with van der Waals surface area (Å²) >= 11 is 0. The summed E-state index contributed by atoms with van der Waals surface area (Å²) < 4.78 is 5.64. The molecule has 3 aliphatic rings. The molecular weight excluding hydrogens is 268 g/mol. The molecule has 0 radical (unpaired) electrons. The molecule has 3 heterocycles. The van der Waals surface area contributed by atoms with Crippen LogP contribution in [0.2, 0.25) is 0 Å². The van der Waals surface area contributed by atoms with Crippen LogP contribution in [-0.4, -0.2) is 59.0 Å². The second-order valence-electron chi connectivity index (χ2n) is 7.24. The second kappa shape index (κ2) is 5.27. The molecule has 5 heteroatoms. The zero-order chi connectivity index (χ0) is 15.2. The van der Waals surface area contributed by atoms with Crippen LogP contribution in [0.4, 0.5) is 0 Å². The van der Waals surface area contributed by atoms with Gasteiger partial charge < -0.3 is 14.5 Å². The van der Waals surface area contributed by atoms with Crippen LogP contribution in [0.3, 0.4) is 0 Å². The second-order valence-corrected chi connectivity index (χ2v) is 7.24. The number of amides is 2. The Bertz CT molecular complexity index is 443. The summed E-state index contributed by atoms with van der Waals surface area (Å²) in [5, 5.41) is 0. The van der Waals surface area contributed by atoms with Crippen LogP contribution >= 0.6 is 0 Å². The van der Waals surface area contributed by atoms with Crippen LogP contribution in [0.15, 0.2) is 0 Å². The van der Waals surface area contributed by atoms with Crippen LogP contribution in [-0.2, 0) is 14.3 Å². The third kappa shape index (κ3) is 2.26. The third-order valence-corrected chi connectivity index (χ3v) is 5.22. The summed E-state index contributed by atoms with van der Waals surface area (Å²) in [4.78, 5) is 29.6. The molecule has 3 fully saturated rings. The van der Waals surface area contributed by atoms with Gasteiger partial charge in [0.2, 0.25) is 11.8 Å². The molecule has 3 unspecified atom stereocenters. The molecule has 5 nitrogen and oxygen atoms in total. The van der Waals surface area contributed by atoms with Gasteiger partial charge in [0.1, 0.15) is 12.1 Å². The Morgan fingerprint density at radius 3 is 2.62 bits per heavy atom. The Morgan fingerprint density at radius 2 is 2.00 bits per heavy atom. The van der Waals surface area contributed by atoms with Crippen molar-refractivity contribution in [1.29, 1.82) is 0 Å². The largest absolute Gasteiger partial charge is 0.379 e. The van der Waals surface area contributed by atoms with E-state index in [0.29, 0.717) is 6.61 Å². The quantitative estimate of drug-likeness (QED) is 0.774. The third-order valence-electron chi connectivity index (χ3n) is 5.22. The average molecular weight is 294 g/mol. The maximum Gasteiger partial charge on any atom is 0.246 e. The molecule has 21 heavy (non-hydrogen) atoms. The molecule has 0 aromatic rings. The van der Waals surface area contributed by atoms with Gasteiger partial charge in [0, 0.05) is 13.2 Å². The maximum atomic E-state index is 13.0. The van der Waals surface area contributed by atoms with Crippen molar-refractivity contribution < 1.29 is 14.3 Å². The Morgan fingerprint density at radius 1 is 1.24 bits per heavy atom. The topological polar surface area (TPSA) is 49.9 Å². The van der Waals surface area contributed by atoms with E-state index >= 15 is 0 Å². The molecule has 0 spiro atoms. The van der Waals surface area contributed by atoms with E-state index in [1.165, 1.54) is 0 Å². The maximum absolute atomic E-state index is 13.0. The first-order chi connectivity index (χ1) is 9.96. The highest BCUT2D eigenvalue weighted by Crippen LogP contribution is 2.37. The summed E-state index contributed by atoms with van der Waals surface area (Å²) in [5.41, 5.74) is -0.339. The smallest absolute Gasteiger partial charge is 0.246 e. The van der Waals surface area contributed by atoms with Crippen molar-refractivity contribution in [3.05, 3.63) is 0 Å². The van der Waals surface area contributed by atoms with E-state index in [-0.39, 0.29) is 35.4 Å². The van der Waals surface area contributed by atoms with Gasteiger partial charge in [-0.15, -0.1) is 0 Å². The van der Waals surface area contributed by atoms with E-state index < -0.39 is 0 Å². The molecule has 0 N–H and O–H groups in total. The molecule has 0 aromatic carbocycles. The van der Waals surface area contributed by atoms with Crippen molar-refractivity contribution in [2.45, 2.75) is 64.1 Å². The molecule has 3 aliphatic heterocycles. The lowest BCUT2D eigenvalue weighted by Gasteiger charge is -2.53. The van der Waals surface area contributed by atoms with Gasteiger partial charge in [-0.2, -0.15) is 0 Å². The van der Waals surface area contributed by atoms with Gasteiger partial charge in [-0.25, -0.2) is 0 Å². The van der Waals surface area contributed by atoms with Gasteiger partial charge in [-0.3, -0.25) is 9.59 Å². The molecule has 0 aliphatic carbocycles. The highest BCUT2D eigenvalue weighted by molar-refractivity contribution is 5.98. The van der Waals surface area contributed by atoms with E-state index in [1.807, 2.05) is 23.6 Å². The Kier molecular flexibility index (Phi) is 3.72. The molecule has 0 bridgehead atoms. The molecular formula is C16H26N2O3. The first kappa shape index (κ1) is 14.8. The highest BCUT2D eigenvalue weighted by atomic mass is 16.5. The van der Waals surface area contributed by atoms with E-state index in [4.69, 9.17) is 4.74 Å². The average Bonchev–Trinajstić information content (AvgIpc) is 2.92. The van der Waals surface area contributed by atoms with Crippen molar-refractivity contribution in [3.63, 3.8) is 0 Å². The minimum Gasteiger partial charge on any atom is -0.379 e. The van der Waals surface area contributed by atoms with Crippen LogP contribution in [0, 0.1) is 5.92 Å². The molecule has 3 rings (SSSR count). The number of rotatable bonds is 2. The Hall–Kier alpha value is -1.10. The number of hydrogen-bond acceptors (Lipinski definition) is 3. The lowest BCUT2D eigenvalue weighted by molar-refractivity contribution is -0.175. The van der Waals surface area contributed by atoms with Crippen molar-refractivity contribution in [2.24, 2.45) is 5.92 Å². The van der Waals surface area contributed by atoms with E-state index in [0.717, 1.165) is 38.8 Å². The fraction of sp³-hybridized carbons (Fsp3) is 0.875. The van der Waals surface area contributed by atoms with E-state index in [1.54, 1.807) is 0 Å². The fourth-order valence-electron chi connectivity index (χ4n) is 4.16. The standard InChI is InChI=1S/C16H26N2O3/c1-11(2)13-15(20)17-8-4-6-12(17)14(19)18(13)16(3)7-5-9-21-10-16/h11-13H,4-10H2,1-3H3. The summed E-state index contributed by atoms with van der Waals surface area (Å²) in [6.45, 7) is 8.19. The molecule has 0 aromatic heterocycles. The first-order valence-corrected chi connectivity index (χ1v) is 8.17. The number of nitrogens with zero attached hydrogens (tertiary/aromatic N) is 2. The number of hydrogen-bond donors (Lipinski definition) is 0. The summed E-state index contributed by atoms with van der Waals surface area (Å²) in [5.74, 6) is 0.402. The van der Waals surface area contributed by atoms with Crippen molar-refractivity contribution in [2.75, 3.05) is 19.8 Å². The van der Waals surface area contributed by atoms with Crippen molar-refractivity contribution in [3.8, 4) is 0 Å². The monoisotopic (exact) mass is 294 g/mol. The predicted octanol–water partition coefficient (Wildman–Crippen LogP) is 1.41. The minimum absolute atomic E-state index is 0.127. The summed E-state index contributed by atoms with van der Waals surface area (Å²) in [6.07, 6.45) is 3.62. The lowest BCUT2D eigenvalue weighted by Crippen LogP contribution is -2.71. The summed E-state index contributed by atoms with van der Waals surface area (Å²) in [7, 11) is 0.